The fourth-order valence-electron chi connectivity index (χ4n) is 3.30. The molecule has 2 bridgehead atoms. The van der Waals surface area contributed by atoms with E-state index in [9.17, 15) is 4.79 Å². The average Bonchev–Trinajstić information content (AvgIpc) is 2.74. The monoisotopic (exact) mass is 194 g/mol. The molecule has 1 saturated carbocycles. The van der Waals surface area contributed by atoms with Gasteiger partial charge in [0, 0.05) is 18.6 Å². The Labute approximate surface area is 84.8 Å². The van der Waals surface area contributed by atoms with E-state index in [0.29, 0.717) is 29.8 Å². The van der Waals surface area contributed by atoms with Gasteiger partial charge in [0.05, 0.1) is 5.92 Å². The number of amides is 1. The van der Waals surface area contributed by atoms with Crippen LogP contribution >= 0.6 is 0 Å². The third-order valence-corrected chi connectivity index (χ3v) is 4.26. The maximum absolute atomic E-state index is 12.2. The third-order valence-electron chi connectivity index (χ3n) is 4.26. The molecule has 4 atom stereocenters. The predicted molar refractivity (Wildman–Crippen MR) is 53.8 cm³/mol. The van der Waals surface area contributed by atoms with E-state index in [4.69, 9.17) is 0 Å². The van der Waals surface area contributed by atoms with Crippen molar-refractivity contribution in [1.29, 1.82) is 0 Å². The molecule has 1 N–H and O–H groups in total. The van der Waals surface area contributed by atoms with Gasteiger partial charge in [-0.3, -0.25) is 4.79 Å². The number of nitrogens with one attached hydrogen (secondary N) is 1. The fourth-order valence-corrected chi connectivity index (χ4v) is 3.30. The summed E-state index contributed by atoms with van der Waals surface area (Å²) >= 11 is 0. The summed E-state index contributed by atoms with van der Waals surface area (Å²) in [5.41, 5.74) is 0. The van der Waals surface area contributed by atoms with Crippen molar-refractivity contribution >= 4 is 5.91 Å². The lowest BCUT2D eigenvalue weighted by Gasteiger charge is -2.37. The summed E-state index contributed by atoms with van der Waals surface area (Å²) in [6, 6.07) is 1.00. The summed E-state index contributed by atoms with van der Waals surface area (Å²) in [6.07, 6.45) is 3.63. The van der Waals surface area contributed by atoms with Gasteiger partial charge in [0.1, 0.15) is 0 Å². The Morgan fingerprint density at radius 2 is 2.36 bits per heavy atom. The topological polar surface area (TPSA) is 32.3 Å². The molecule has 1 aliphatic carbocycles. The molecular weight excluding hydrogens is 176 g/mol. The Morgan fingerprint density at radius 3 is 2.86 bits per heavy atom. The zero-order valence-corrected chi connectivity index (χ0v) is 8.70. The molecule has 3 nitrogen and oxygen atoms in total. The Morgan fingerprint density at radius 1 is 1.50 bits per heavy atom. The van der Waals surface area contributed by atoms with E-state index in [2.05, 4.69) is 17.1 Å². The van der Waals surface area contributed by atoms with Gasteiger partial charge in [-0.1, -0.05) is 0 Å². The van der Waals surface area contributed by atoms with Crippen LogP contribution in [0.2, 0.25) is 0 Å². The van der Waals surface area contributed by atoms with Crippen molar-refractivity contribution in [3.8, 4) is 0 Å². The zero-order valence-electron chi connectivity index (χ0n) is 8.70. The summed E-state index contributed by atoms with van der Waals surface area (Å²) in [5, 5.41) is 3.42. The van der Waals surface area contributed by atoms with Gasteiger partial charge in [0.25, 0.3) is 0 Å². The number of carbonyl (C=O) groups excluding carboxylic acids is 1. The Bertz CT molecular complexity index is 242. The van der Waals surface area contributed by atoms with Crippen molar-refractivity contribution in [3.05, 3.63) is 0 Å². The predicted octanol–water partition coefficient (Wildman–Crippen LogP) is 0.605. The average molecular weight is 194 g/mol. The third kappa shape index (κ3) is 1.05. The number of nitrogens with zero attached hydrogens (tertiary/aromatic N) is 1. The van der Waals surface area contributed by atoms with Crippen LogP contribution in [0.15, 0.2) is 0 Å². The second-order valence-corrected chi connectivity index (χ2v) is 5.06. The Hall–Kier alpha value is -0.570. The molecule has 0 aromatic heterocycles. The van der Waals surface area contributed by atoms with E-state index in [1.165, 1.54) is 19.3 Å². The standard InChI is InChI=1S/C11H18N2O/c1-7-3-2-4-13(7)11(14)10-8-5-9(10)12-6-8/h7-10,12H,2-6H2,1H3. The van der Waals surface area contributed by atoms with Crippen molar-refractivity contribution in [2.45, 2.75) is 38.3 Å². The van der Waals surface area contributed by atoms with E-state index in [-0.39, 0.29) is 0 Å². The molecule has 3 saturated heterocycles. The first-order valence-corrected chi connectivity index (χ1v) is 5.81. The number of likely N-dealkylation sites (tertiary alicyclic amines) is 1. The normalized spacial score (nSPS) is 45.4. The van der Waals surface area contributed by atoms with Gasteiger partial charge in [-0.05, 0) is 38.6 Å². The van der Waals surface area contributed by atoms with Crippen LogP contribution in [0, 0.1) is 11.8 Å². The first-order chi connectivity index (χ1) is 6.77. The van der Waals surface area contributed by atoms with Gasteiger partial charge >= 0.3 is 0 Å². The van der Waals surface area contributed by atoms with Crippen molar-refractivity contribution < 1.29 is 4.79 Å². The number of rotatable bonds is 1. The van der Waals surface area contributed by atoms with Gasteiger partial charge in [-0.15, -0.1) is 0 Å². The molecule has 1 amide bonds. The number of carbonyl (C=O) groups is 1. The summed E-state index contributed by atoms with van der Waals surface area (Å²) in [7, 11) is 0. The molecular formula is C11H18N2O. The zero-order chi connectivity index (χ0) is 9.71. The number of hydrogen-bond acceptors (Lipinski definition) is 2. The van der Waals surface area contributed by atoms with Gasteiger partial charge < -0.3 is 10.2 Å². The minimum Gasteiger partial charge on any atom is -0.340 e. The lowest BCUT2D eigenvalue weighted by atomic mass is 9.73. The highest BCUT2D eigenvalue weighted by atomic mass is 16.2. The van der Waals surface area contributed by atoms with E-state index >= 15 is 0 Å². The maximum Gasteiger partial charge on any atom is 0.227 e. The van der Waals surface area contributed by atoms with Gasteiger partial charge in [-0.25, -0.2) is 0 Å². The van der Waals surface area contributed by atoms with Crippen LogP contribution in [0.3, 0.4) is 0 Å². The van der Waals surface area contributed by atoms with Crippen LogP contribution in [0.1, 0.15) is 26.2 Å². The van der Waals surface area contributed by atoms with Crippen LogP contribution in [-0.4, -0.2) is 36.0 Å². The molecule has 0 spiro atoms. The smallest absolute Gasteiger partial charge is 0.227 e. The first-order valence-electron chi connectivity index (χ1n) is 5.81. The molecule has 4 aliphatic rings. The molecule has 3 heteroatoms. The molecule has 4 rings (SSSR count). The lowest BCUT2D eigenvalue weighted by molar-refractivity contribution is -0.140. The SMILES string of the molecule is CC1CCCN1C(=O)C1C2CNC1C2. The van der Waals surface area contributed by atoms with Gasteiger partial charge in [0.15, 0.2) is 0 Å². The number of hydrogen-bond donors (Lipinski definition) is 1. The minimum atomic E-state index is 0.329. The van der Waals surface area contributed by atoms with Crippen molar-refractivity contribution in [3.63, 3.8) is 0 Å². The molecule has 4 fully saturated rings. The van der Waals surface area contributed by atoms with Crippen molar-refractivity contribution in [1.82, 2.24) is 10.2 Å². The van der Waals surface area contributed by atoms with Crippen LogP contribution in [-0.2, 0) is 4.79 Å². The molecule has 78 valence electrons. The van der Waals surface area contributed by atoms with Crippen LogP contribution in [0.5, 0.6) is 0 Å². The van der Waals surface area contributed by atoms with Crippen LogP contribution in [0.25, 0.3) is 0 Å². The molecule has 14 heavy (non-hydrogen) atoms. The van der Waals surface area contributed by atoms with Crippen LogP contribution < -0.4 is 5.32 Å². The Balaban J connectivity index is 1.70. The summed E-state index contributed by atoms with van der Waals surface area (Å²) in [4.78, 5) is 14.3. The van der Waals surface area contributed by atoms with Crippen LogP contribution in [0.4, 0.5) is 0 Å². The van der Waals surface area contributed by atoms with Crippen molar-refractivity contribution in [2.24, 2.45) is 11.8 Å². The van der Waals surface area contributed by atoms with E-state index in [1.807, 2.05) is 0 Å². The molecule has 0 aromatic carbocycles. The van der Waals surface area contributed by atoms with Gasteiger partial charge in [-0.2, -0.15) is 0 Å². The number of fused-ring (bicyclic) bond motifs is 1. The first kappa shape index (κ1) is 8.72. The molecule has 0 aromatic rings. The fraction of sp³-hybridized carbons (Fsp3) is 0.909. The summed E-state index contributed by atoms with van der Waals surface area (Å²) in [5.74, 6) is 1.41. The minimum absolute atomic E-state index is 0.329. The van der Waals surface area contributed by atoms with E-state index < -0.39 is 0 Å². The molecule has 3 heterocycles. The highest BCUT2D eigenvalue weighted by molar-refractivity contribution is 5.82. The molecule has 3 aliphatic heterocycles. The maximum atomic E-state index is 12.2. The highest BCUT2D eigenvalue weighted by Crippen LogP contribution is 2.41. The summed E-state index contributed by atoms with van der Waals surface area (Å²) in [6.45, 7) is 4.25. The molecule has 4 unspecified atom stereocenters. The largest absolute Gasteiger partial charge is 0.340 e. The quantitative estimate of drug-likeness (QED) is 0.663. The second-order valence-electron chi connectivity index (χ2n) is 5.06. The second kappa shape index (κ2) is 2.96. The molecule has 0 radical (unpaired) electrons. The van der Waals surface area contributed by atoms with E-state index in [1.54, 1.807) is 0 Å². The highest BCUT2D eigenvalue weighted by Gasteiger charge is 2.52. The lowest BCUT2D eigenvalue weighted by Crippen LogP contribution is -2.50. The summed E-state index contributed by atoms with van der Waals surface area (Å²) < 4.78 is 0. The van der Waals surface area contributed by atoms with E-state index in [0.717, 1.165) is 13.1 Å². The Kier molecular flexibility index (Phi) is 1.84. The van der Waals surface area contributed by atoms with Crippen molar-refractivity contribution in [2.75, 3.05) is 13.1 Å². The van der Waals surface area contributed by atoms with Gasteiger partial charge in [0.2, 0.25) is 5.91 Å².